The molecule has 0 atom stereocenters. The summed E-state index contributed by atoms with van der Waals surface area (Å²) in [7, 11) is -3.49. The Hall–Kier alpha value is -1.66. The molecule has 0 aliphatic carbocycles. The third kappa shape index (κ3) is 3.08. The third-order valence-electron chi connectivity index (χ3n) is 3.30. The first kappa shape index (κ1) is 14.7. The predicted molar refractivity (Wildman–Crippen MR) is 80.8 cm³/mol. The van der Waals surface area contributed by atoms with Crippen LogP contribution in [0.5, 0.6) is 0 Å². The van der Waals surface area contributed by atoms with Crippen LogP contribution in [0.1, 0.15) is 26.7 Å². The quantitative estimate of drug-likeness (QED) is 0.885. The van der Waals surface area contributed by atoms with Gasteiger partial charge in [-0.05, 0) is 43.2 Å². The zero-order valence-electron chi connectivity index (χ0n) is 11.6. The summed E-state index contributed by atoms with van der Waals surface area (Å²) in [6.45, 7) is 3.92. The molecule has 6 heteroatoms. The maximum Gasteiger partial charge on any atom is 0.240 e. The van der Waals surface area contributed by atoms with Gasteiger partial charge in [0.25, 0.3) is 0 Å². The number of fused-ring (bicyclic) bond motifs is 1. The maximum absolute atomic E-state index is 12.3. The minimum absolute atomic E-state index is 0.0414. The fraction of sp³-hybridized carbons (Fsp3) is 0.357. The van der Waals surface area contributed by atoms with Gasteiger partial charge in [-0.25, -0.2) is 18.1 Å². The van der Waals surface area contributed by atoms with Gasteiger partial charge in [0.1, 0.15) is 5.82 Å². The number of nitrogens with zero attached hydrogens (tertiary/aromatic N) is 1. The molecule has 2 rings (SSSR count). The normalized spacial score (nSPS) is 12.2. The molecular weight excluding hydrogens is 274 g/mol. The van der Waals surface area contributed by atoms with E-state index in [1.165, 1.54) is 0 Å². The van der Waals surface area contributed by atoms with Crippen molar-refractivity contribution >= 4 is 26.7 Å². The molecule has 5 nitrogen and oxygen atoms in total. The SMILES string of the molecule is CCC(CC)NS(=O)(=O)c1ccc2nc(N)ccc2c1. The van der Waals surface area contributed by atoms with E-state index in [2.05, 4.69) is 9.71 Å². The van der Waals surface area contributed by atoms with Gasteiger partial charge in [-0.2, -0.15) is 0 Å². The second-order valence-electron chi connectivity index (χ2n) is 4.73. The molecule has 0 aliphatic heterocycles. The number of pyridine rings is 1. The zero-order chi connectivity index (χ0) is 14.8. The summed E-state index contributed by atoms with van der Waals surface area (Å²) in [5.74, 6) is 0.420. The zero-order valence-corrected chi connectivity index (χ0v) is 12.4. The van der Waals surface area contributed by atoms with E-state index >= 15 is 0 Å². The van der Waals surface area contributed by atoms with Gasteiger partial charge in [0, 0.05) is 11.4 Å². The van der Waals surface area contributed by atoms with Crippen LogP contribution in [0.25, 0.3) is 10.9 Å². The number of nitrogen functional groups attached to an aromatic ring is 1. The van der Waals surface area contributed by atoms with Crippen LogP contribution in [-0.2, 0) is 10.0 Å². The monoisotopic (exact) mass is 293 g/mol. The summed E-state index contributed by atoms with van der Waals surface area (Å²) in [6, 6.07) is 8.24. The maximum atomic E-state index is 12.3. The first-order valence-corrected chi connectivity index (χ1v) is 8.13. The second kappa shape index (κ2) is 5.76. The van der Waals surface area contributed by atoms with Crippen molar-refractivity contribution in [1.82, 2.24) is 9.71 Å². The van der Waals surface area contributed by atoms with Crippen molar-refractivity contribution in [2.24, 2.45) is 0 Å². The Morgan fingerprint density at radius 3 is 2.55 bits per heavy atom. The highest BCUT2D eigenvalue weighted by molar-refractivity contribution is 7.89. The predicted octanol–water partition coefficient (Wildman–Crippen LogP) is 2.28. The van der Waals surface area contributed by atoms with E-state index in [-0.39, 0.29) is 10.9 Å². The lowest BCUT2D eigenvalue weighted by Crippen LogP contribution is -2.33. The Balaban J connectivity index is 2.39. The highest BCUT2D eigenvalue weighted by atomic mass is 32.2. The highest BCUT2D eigenvalue weighted by Gasteiger charge is 2.18. The molecule has 108 valence electrons. The molecule has 2 aromatic rings. The van der Waals surface area contributed by atoms with Gasteiger partial charge in [-0.15, -0.1) is 0 Å². The van der Waals surface area contributed by atoms with Gasteiger partial charge in [0.2, 0.25) is 10.0 Å². The van der Waals surface area contributed by atoms with Crippen molar-refractivity contribution in [3.8, 4) is 0 Å². The van der Waals surface area contributed by atoms with E-state index in [0.29, 0.717) is 11.3 Å². The minimum atomic E-state index is -3.49. The summed E-state index contributed by atoms with van der Waals surface area (Å²) < 4.78 is 27.3. The van der Waals surface area contributed by atoms with Gasteiger partial charge in [0.15, 0.2) is 0 Å². The highest BCUT2D eigenvalue weighted by Crippen LogP contribution is 2.19. The Morgan fingerprint density at radius 2 is 1.90 bits per heavy atom. The van der Waals surface area contributed by atoms with Crippen molar-refractivity contribution in [2.75, 3.05) is 5.73 Å². The Bertz CT molecular complexity index is 709. The number of nitrogens with two attached hydrogens (primary N) is 1. The topological polar surface area (TPSA) is 85.1 Å². The molecule has 1 aromatic carbocycles. The molecule has 0 aliphatic rings. The van der Waals surface area contributed by atoms with Crippen LogP contribution in [0.3, 0.4) is 0 Å². The molecule has 3 N–H and O–H groups in total. The number of sulfonamides is 1. The van der Waals surface area contributed by atoms with Gasteiger partial charge in [-0.1, -0.05) is 13.8 Å². The molecule has 0 saturated heterocycles. The molecular formula is C14H19N3O2S. The van der Waals surface area contributed by atoms with Crippen LogP contribution in [0.2, 0.25) is 0 Å². The largest absolute Gasteiger partial charge is 0.384 e. The van der Waals surface area contributed by atoms with Crippen LogP contribution in [0, 0.1) is 0 Å². The third-order valence-corrected chi connectivity index (χ3v) is 4.82. The lowest BCUT2D eigenvalue weighted by Gasteiger charge is -2.15. The molecule has 20 heavy (non-hydrogen) atoms. The van der Waals surface area contributed by atoms with Crippen molar-refractivity contribution in [1.29, 1.82) is 0 Å². The summed E-state index contributed by atoms with van der Waals surface area (Å²) in [6.07, 6.45) is 1.53. The molecule has 0 fully saturated rings. The summed E-state index contributed by atoms with van der Waals surface area (Å²) in [5, 5.41) is 0.756. The van der Waals surface area contributed by atoms with E-state index in [4.69, 9.17) is 5.73 Å². The molecule has 0 radical (unpaired) electrons. The smallest absolute Gasteiger partial charge is 0.240 e. The Labute approximate surface area is 119 Å². The summed E-state index contributed by atoms with van der Waals surface area (Å²) in [5.41, 5.74) is 6.29. The van der Waals surface area contributed by atoms with Crippen molar-refractivity contribution < 1.29 is 8.42 Å². The fourth-order valence-corrected chi connectivity index (χ4v) is 3.47. The van der Waals surface area contributed by atoms with Crippen LogP contribution in [0.15, 0.2) is 35.2 Å². The number of rotatable bonds is 5. The molecule has 1 heterocycles. The molecule has 0 amide bonds. The minimum Gasteiger partial charge on any atom is -0.384 e. The Kier molecular flexibility index (Phi) is 4.25. The van der Waals surface area contributed by atoms with Crippen molar-refractivity contribution in [2.45, 2.75) is 37.6 Å². The van der Waals surface area contributed by atoms with Gasteiger partial charge in [-0.3, -0.25) is 0 Å². The Morgan fingerprint density at radius 1 is 1.20 bits per heavy atom. The number of anilines is 1. The van der Waals surface area contributed by atoms with Gasteiger partial charge < -0.3 is 5.73 Å². The van der Waals surface area contributed by atoms with Crippen LogP contribution < -0.4 is 10.5 Å². The lowest BCUT2D eigenvalue weighted by atomic mass is 10.2. The van der Waals surface area contributed by atoms with Crippen LogP contribution >= 0.6 is 0 Å². The van der Waals surface area contributed by atoms with Crippen molar-refractivity contribution in [3.05, 3.63) is 30.3 Å². The summed E-state index contributed by atoms with van der Waals surface area (Å²) >= 11 is 0. The molecule has 1 aromatic heterocycles. The number of hydrogen-bond donors (Lipinski definition) is 2. The molecule has 0 unspecified atom stereocenters. The fourth-order valence-electron chi connectivity index (χ4n) is 2.03. The van der Waals surface area contributed by atoms with E-state index in [0.717, 1.165) is 18.2 Å². The molecule has 0 saturated carbocycles. The second-order valence-corrected chi connectivity index (χ2v) is 6.44. The van der Waals surface area contributed by atoms with E-state index in [1.807, 2.05) is 13.8 Å². The lowest BCUT2D eigenvalue weighted by molar-refractivity contribution is 0.530. The van der Waals surface area contributed by atoms with Crippen LogP contribution in [0.4, 0.5) is 5.82 Å². The standard InChI is InChI=1S/C14H19N3O2S/c1-3-11(4-2)17-20(18,19)12-6-7-13-10(9-12)5-8-14(15)16-13/h5-9,11,17H,3-4H2,1-2H3,(H2,15,16). The molecule has 0 bridgehead atoms. The number of hydrogen-bond acceptors (Lipinski definition) is 4. The van der Waals surface area contributed by atoms with E-state index < -0.39 is 10.0 Å². The average Bonchev–Trinajstić information content (AvgIpc) is 2.44. The number of aromatic nitrogens is 1. The van der Waals surface area contributed by atoms with E-state index in [9.17, 15) is 8.42 Å². The first-order valence-electron chi connectivity index (χ1n) is 6.65. The van der Waals surface area contributed by atoms with Crippen LogP contribution in [-0.4, -0.2) is 19.4 Å². The van der Waals surface area contributed by atoms with Gasteiger partial charge >= 0.3 is 0 Å². The number of benzene rings is 1. The number of nitrogens with one attached hydrogen (secondary N) is 1. The molecule has 0 spiro atoms. The van der Waals surface area contributed by atoms with Gasteiger partial charge in [0.05, 0.1) is 10.4 Å². The summed E-state index contributed by atoms with van der Waals surface area (Å²) in [4.78, 5) is 4.41. The van der Waals surface area contributed by atoms with E-state index in [1.54, 1.807) is 30.3 Å². The average molecular weight is 293 g/mol. The first-order chi connectivity index (χ1) is 9.46. The van der Waals surface area contributed by atoms with Crippen molar-refractivity contribution in [3.63, 3.8) is 0 Å².